The summed E-state index contributed by atoms with van der Waals surface area (Å²) in [7, 11) is 0. The topological polar surface area (TPSA) is 49.6 Å². The molecule has 0 unspecified atom stereocenters. The van der Waals surface area contributed by atoms with Crippen molar-refractivity contribution >= 4 is 27.7 Å². The van der Waals surface area contributed by atoms with Gasteiger partial charge in [0.1, 0.15) is 16.1 Å². The molecule has 3 nitrogen and oxygen atoms in total. The van der Waals surface area contributed by atoms with Crippen molar-refractivity contribution in [3.8, 4) is 6.07 Å². The zero-order valence-electron chi connectivity index (χ0n) is 9.94. The molecule has 2 heterocycles. The molecule has 2 aromatic rings. The van der Waals surface area contributed by atoms with Gasteiger partial charge in [-0.05, 0) is 65.3 Å². The summed E-state index contributed by atoms with van der Waals surface area (Å²) in [6.07, 6.45) is 1.73. The first-order valence-corrected chi connectivity index (χ1v) is 6.89. The van der Waals surface area contributed by atoms with E-state index < -0.39 is 0 Å². The van der Waals surface area contributed by atoms with Crippen molar-refractivity contribution in [2.45, 2.75) is 23.9 Å². The fraction of sp³-hybridized carbons (Fsp3) is 0.154. The Morgan fingerprint density at radius 2 is 2.11 bits per heavy atom. The third kappa shape index (κ3) is 2.89. The summed E-state index contributed by atoms with van der Waals surface area (Å²) in [5, 5.41) is 10.7. The van der Waals surface area contributed by atoms with Crippen molar-refractivity contribution in [3.05, 3.63) is 45.7 Å². The third-order valence-electron chi connectivity index (χ3n) is 2.32. The second-order valence-corrected chi connectivity index (χ2v) is 5.71. The Balaban J connectivity index is 2.40. The summed E-state index contributed by atoms with van der Waals surface area (Å²) in [4.78, 5) is 8.69. The van der Waals surface area contributed by atoms with Gasteiger partial charge in [-0.25, -0.2) is 9.97 Å². The molecule has 2 aromatic heterocycles. The van der Waals surface area contributed by atoms with Crippen LogP contribution in [0.1, 0.15) is 16.8 Å². The van der Waals surface area contributed by atoms with Gasteiger partial charge in [0.25, 0.3) is 0 Å². The fourth-order valence-electron chi connectivity index (χ4n) is 1.53. The molecule has 5 heteroatoms. The highest BCUT2D eigenvalue weighted by atomic mass is 79.9. The van der Waals surface area contributed by atoms with E-state index in [1.807, 2.05) is 32.0 Å². The molecule has 0 N–H and O–H groups in total. The Morgan fingerprint density at radius 3 is 2.72 bits per heavy atom. The Kier molecular flexibility index (Phi) is 4.00. The number of nitrogens with zero attached hydrogens (tertiary/aromatic N) is 3. The van der Waals surface area contributed by atoms with Gasteiger partial charge in [0.15, 0.2) is 0 Å². The normalized spacial score (nSPS) is 10.1. The maximum absolute atomic E-state index is 9.18. The fourth-order valence-corrected chi connectivity index (χ4v) is 2.71. The average Bonchev–Trinajstić information content (AvgIpc) is 2.32. The highest BCUT2D eigenvalue weighted by Crippen LogP contribution is 2.29. The molecule has 0 fully saturated rings. The molecule has 0 atom stereocenters. The van der Waals surface area contributed by atoms with Crippen LogP contribution in [0.3, 0.4) is 0 Å². The first-order valence-electron chi connectivity index (χ1n) is 5.28. The first kappa shape index (κ1) is 13.1. The Hall–Kier alpha value is -1.38. The zero-order valence-corrected chi connectivity index (χ0v) is 12.3. The van der Waals surface area contributed by atoms with Crippen LogP contribution in [0.5, 0.6) is 0 Å². The maximum atomic E-state index is 9.18. The predicted octanol–water partition coefficient (Wildman–Crippen LogP) is 3.88. The van der Waals surface area contributed by atoms with E-state index >= 15 is 0 Å². The van der Waals surface area contributed by atoms with Crippen LogP contribution < -0.4 is 0 Å². The highest BCUT2D eigenvalue weighted by molar-refractivity contribution is 9.10. The summed E-state index contributed by atoms with van der Waals surface area (Å²) in [5.74, 6) is 0. The second kappa shape index (κ2) is 5.51. The molecule has 18 heavy (non-hydrogen) atoms. The van der Waals surface area contributed by atoms with E-state index in [1.54, 1.807) is 6.20 Å². The van der Waals surface area contributed by atoms with Crippen LogP contribution in [0.25, 0.3) is 0 Å². The lowest BCUT2D eigenvalue weighted by Gasteiger charge is -2.06. The van der Waals surface area contributed by atoms with Gasteiger partial charge in [0.05, 0.1) is 5.56 Å². The molecule has 0 saturated carbocycles. The van der Waals surface area contributed by atoms with Crippen molar-refractivity contribution in [1.29, 1.82) is 5.26 Å². The zero-order chi connectivity index (χ0) is 13.1. The van der Waals surface area contributed by atoms with Gasteiger partial charge >= 0.3 is 0 Å². The number of hydrogen-bond donors (Lipinski definition) is 0. The lowest BCUT2D eigenvalue weighted by Crippen LogP contribution is -1.94. The number of aromatic nitrogens is 2. The average molecular weight is 320 g/mol. The van der Waals surface area contributed by atoms with Gasteiger partial charge in [-0.15, -0.1) is 0 Å². The van der Waals surface area contributed by atoms with Crippen molar-refractivity contribution in [2.75, 3.05) is 0 Å². The quantitative estimate of drug-likeness (QED) is 0.842. The van der Waals surface area contributed by atoms with Gasteiger partial charge in [0.2, 0.25) is 0 Å². The molecular weight excluding hydrogens is 310 g/mol. The van der Waals surface area contributed by atoms with Crippen molar-refractivity contribution in [3.63, 3.8) is 0 Å². The van der Waals surface area contributed by atoms with Crippen LogP contribution in [-0.2, 0) is 0 Å². The van der Waals surface area contributed by atoms with Crippen LogP contribution in [0.4, 0.5) is 0 Å². The number of rotatable bonds is 2. The van der Waals surface area contributed by atoms with E-state index in [1.165, 1.54) is 11.8 Å². The lowest BCUT2D eigenvalue weighted by atomic mass is 10.1. The Bertz CT molecular complexity index is 617. The van der Waals surface area contributed by atoms with E-state index in [4.69, 9.17) is 0 Å². The lowest BCUT2D eigenvalue weighted by molar-refractivity contribution is 1.02. The largest absolute Gasteiger partial charge is 0.248 e. The maximum Gasteiger partial charge on any atom is 0.121 e. The van der Waals surface area contributed by atoms with E-state index in [0.717, 1.165) is 20.8 Å². The van der Waals surface area contributed by atoms with Crippen molar-refractivity contribution in [1.82, 2.24) is 9.97 Å². The molecule has 0 spiro atoms. The van der Waals surface area contributed by atoms with Crippen molar-refractivity contribution < 1.29 is 0 Å². The second-order valence-electron chi connectivity index (χ2n) is 3.79. The monoisotopic (exact) mass is 319 g/mol. The van der Waals surface area contributed by atoms with Gasteiger partial charge < -0.3 is 0 Å². The minimum absolute atomic E-state index is 0.621. The van der Waals surface area contributed by atoms with Gasteiger partial charge in [-0.1, -0.05) is 0 Å². The molecular formula is C13H10BrN3S. The molecule has 0 aliphatic carbocycles. The summed E-state index contributed by atoms with van der Waals surface area (Å²) in [5.41, 5.74) is 2.48. The molecule has 0 bridgehead atoms. The molecule has 0 amide bonds. The summed E-state index contributed by atoms with van der Waals surface area (Å²) in [6.45, 7) is 3.85. The van der Waals surface area contributed by atoms with E-state index in [0.29, 0.717) is 10.6 Å². The molecule has 0 saturated heterocycles. The van der Waals surface area contributed by atoms with Crippen molar-refractivity contribution in [2.24, 2.45) is 0 Å². The predicted molar refractivity (Wildman–Crippen MR) is 74.5 cm³/mol. The van der Waals surface area contributed by atoms with Crippen LogP contribution in [0.15, 0.2) is 38.9 Å². The van der Waals surface area contributed by atoms with Crippen LogP contribution >= 0.6 is 27.7 Å². The summed E-state index contributed by atoms with van der Waals surface area (Å²) < 4.78 is 0.931. The van der Waals surface area contributed by atoms with Gasteiger partial charge in [-0.2, -0.15) is 5.26 Å². The van der Waals surface area contributed by atoms with E-state index in [9.17, 15) is 5.26 Å². The van der Waals surface area contributed by atoms with E-state index in [2.05, 4.69) is 32.0 Å². The molecule has 0 aliphatic rings. The molecule has 2 rings (SSSR count). The Morgan fingerprint density at radius 1 is 1.33 bits per heavy atom. The first-order chi connectivity index (χ1) is 8.60. The number of pyridine rings is 2. The molecule has 90 valence electrons. The smallest absolute Gasteiger partial charge is 0.121 e. The Labute approximate surface area is 118 Å². The minimum Gasteiger partial charge on any atom is -0.248 e. The standard InChI is InChI=1S/C13H10BrN3S/c1-8-5-9(2)17-13(11(8)6-15)18-12-4-3-10(14)7-16-12/h3-5,7H,1-2H3. The third-order valence-corrected chi connectivity index (χ3v) is 3.73. The SMILES string of the molecule is Cc1cc(C)c(C#N)c(Sc2ccc(Br)cn2)n1. The summed E-state index contributed by atoms with van der Waals surface area (Å²) >= 11 is 4.75. The highest BCUT2D eigenvalue weighted by Gasteiger charge is 2.10. The van der Waals surface area contributed by atoms with Gasteiger partial charge in [-0.3, -0.25) is 0 Å². The van der Waals surface area contributed by atoms with Gasteiger partial charge in [0, 0.05) is 16.4 Å². The van der Waals surface area contributed by atoms with Crippen LogP contribution in [-0.4, -0.2) is 9.97 Å². The van der Waals surface area contributed by atoms with Crippen LogP contribution in [0, 0.1) is 25.2 Å². The van der Waals surface area contributed by atoms with E-state index in [-0.39, 0.29) is 0 Å². The molecule has 0 aromatic carbocycles. The summed E-state index contributed by atoms with van der Waals surface area (Å²) in [6, 6.07) is 7.94. The number of halogens is 1. The number of nitriles is 1. The minimum atomic E-state index is 0.621. The number of hydrogen-bond acceptors (Lipinski definition) is 4. The number of aryl methyl sites for hydroxylation is 2. The van der Waals surface area contributed by atoms with Crippen LogP contribution in [0.2, 0.25) is 0 Å². The molecule has 0 aliphatic heterocycles. The molecule has 0 radical (unpaired) electrons.